The number of aromatic nitrogens is 1. The maximum Gasteiger partial charge on any atom is 0.355 e. The summed E-state index contributed by atoms with van der Waals surface area (Å²) in [7, 11) is 0. The maximum absolute atomic E-state index is 13.2. The molecule has 7 rings (SSSR count). The Balaban J connectivity index is 1.69. The van der Waals surface area contributed by atoms with E-state index >= 15 is 0 Å². The predicted octanol–water partition coefficient (Wildman–Crippen LogP) is -0.221. The van der Waals surface area contributed by atoms with Gasteiger partial charge in [0, 0.05) is 24.1 Å². The summed E-state index contributed by atoms with van der Waals surface area (Å²) < 4.78 is 12.2. The average Bonchev–Trinajstić information content (AvgIpc) is 3.41. The summed E-state index contributed by atoms with van der Waals surface area (Å²) in [5.41, 5.74) is -7.72. The molecule has 6 aliphatic rings. The fraction of sp³-hybridized carbons (Fsp3) is 0.800. The molecule has 2 aliphatic heterocycles. The molecule has 3 heterocycles. The van der Waals surface area contributed by atoms with Crippen molar-refractivity contribution in [2.24, 2.45) is 28.4 Å². The van der Waals surface area contributed by atoms with Gasteiger partial charge in [0.1, 0.15) is 33.7 Å². The molecule has 0 amide bonds. The highest BCUT2D eigenvalue weighted by atomic mass is 16.7. The van der Waals surface area contributed by atoms with E-state index in [4.69, 9.17) is 15.2 Å². The quantitative estimate of drug-likeness (QED) is 0.281. The van der Waals surface area contributed by atoms with E-state index in [1.807, 2.05) is 6.92 Å². The molecule has 10 heteroatoms. The molecule has 0 unspecified atom stereocenters. The topological polar surface area (TPSA) is 178 Å². The number of hydrogen-bond donors (Lipinski definition) is 7. The smallest absolute Gasteiger partial charge is 0.355 e. The second kappa shape index (κ2) is 5.96. The zero-order chi connectivity index (χ0) is 25.8. The lowest BCUT2D eigenvalue weighted by molar-refractivity contribution is -0.380. The SMILES string of the molecule is CC(C)[C@@]1(O)[C@@H](OC(=O)c2ccc[nH]2)[C@@]2(O)[C@@]3(C)C[C@]4(O)O[C@@]5([C@H](N)[C@@H](C)CC[C@]35O)[C@@]2(O)[C@]14C. The van der Waals surface area contributed by atoms with Gasteiger partial charge in [-0.25, -0.2) is 4.79 Å². The predicted molar refractivity (Wildman–Crippen MR) is 121 cm³/mol. The molecule has 6 bridgehead atoms. The van der Waals surface area contributed by atoms with E-state index in [0.29, 0.717) is 6.42 Å². The van der Waals surface area contributed by atoms with Crippen molar-refractivity contribution >= 4 is 5.97 Å². The molecule has 8 N–H and O–H groups in total. The molecule has 2 saturated heterocycles. The number of aliphatic hydroxyl groups is 5. The summed E-state index contributed by atoms with van der Waals surface area (Å²) in [6.07, 6.45) is 0.181. The van der Waals surface area contributed by atoms with Crippen LogP contribution in [0.4, 0.5) is 0 Å². The summed E-state index contributed by atoms with van der Waals surface area (Å²) >= 11 is 0. The highest BCUT2D eigenvalue weighted by molar-refractivity contribution is 5.87. The van der Waals surface area contributed by atoms with Crippen molar-refractivity contribution in [1.29, 1.82) is 0 Å². The Morgan fingerprint density at radius 3 is 2.46 bits per heavy atom. The van der Waals surface area contributed by atoms with E-state index < -0.39 is 68.7 Å². The first kappa shape index (κ1) is 23.8. The summed E-state index contributed by atoms with van der Waals surface area (Å²) in [6, 6.07) is 2.12. The summed E-state index contributed by atoms with van der Waals surface area (Å²) in [5, 5.41) is 62.7. The molecule has 11 atom stereocenters. The number of aromatic amines is 1. The molecule has 1 spiro atoms. The van der Waals surface area contributed by atoms with E-state index in [1.54, 1.807) is 26.8 Å². The van der Waals surface area contributed by atoms with Crippen molar-refractivity contribution < 1.29 is 39.8 Å². The van der Waals surface area contributed by atoms with E-state index in [-0.39, 0.29) is 24.5 Å². The van der Waals surface area contributed by atoms with Gasteiger partial charge in [-0.15, -0.1) is 0 Å². The van der Waals surface area contributed by atoms with E-state index in [2.05, 4.69) is 4.98 Å². The monoisotopic (exact) mass is 492 g/mol. The van der Waals surface area contributed by atoms with Crippen LogP contribution in [0.5, 0.6) is 0 Å². The third kappa shape index (κ3) is 1.74. The van der Waals surface area contributed by atoms with Crippen molar-refractivity contribution in [3.63, 3.8) is 0 Å². The summed E-state index contributed by atoms with van der Waals surface area (Å²) in [4.78, 5) is 15.9. The number of hydrogen-bond acceptors (Lipinski definition) is 9. The number of carbonyl (C=O) groups excluding carboxylic acids is 1. The van der Waals surface area contributed by atoms with Crippen molar-refractivity contribution in [2.75, 3.05) is 0 Å². The first-order valence-corrected chi connectivity index (χ1v) is 12.4. The van der Waals surface area contributed by atoms with Gasteiger partial charge in [-0.3, -0.25) is 0 Å². The summed E-state index contributed by atoms with van der Waals surface area (Å²) in [6.45, 7) is 8.21. The molecule has 0 radical (unpaired) electrons. The Bertz CT molecular complexity index is 1130. The molecule has 10 nitrogen and oxygen atoms in total. The minimum atomic E-state index is -2.46. The number of nitrogens with two attached hydrogens (primary N) is 1. The van der Waals surface area contributed by atoms with E-state index in [0.717, 1.165) is 0 Å². The molecule has 4 saturated carbocycles. The molecule has 6 fully saturated rings. The van der Waals surface area contributed by atoms with Crippen LogP contribution < -0.4 is 5.73 Å². The van der Waals surface area contributed by atoms with Crippen LogP contribution in [0.2, 0.25) is 0 Å². The standard InChI is InChI=1S/C25H36N2O8/c1-12(2)22(31)17(34-16(28)14-7-6-10-27-14)23(32)18(4)11-21(30)19(22,5)25(23,33)24(35-21)15(26)13(3)8-9-20(18,24)29/h6-7,10,12-13,15,17,27,29-33H,8-9,11,26H2,1-5H3/t13-,15+,17+,18-,19-,20-,21-,22+,23+,24+,25+/m0/s1. The highest BCUT2D eigenvalue weighted by Crippen LogP contribution is 2.90. The van der Waals surface area contributed by atoms with Gasteiger partial charge in [0.25, 0.3) is 0 Å². The Morgan fingerprint density at radius 2 is 1.89 bits per heavy atom. The Morgan fingerprint density at radius 1 is 1.23 bits per heavy atom. The molecule has 35 heavy (non-hydrogen) atoms. The summed E-state index contributed by atoms with van der Waals surface area (Å²) in [5.74, 6) is -3.97. The van der Waals surface area contributed by atoms with E-state index in [9.17, 15) is 30.3 Å². The van der Waals surface area contributed by atoms with Crippen LogP contribution in [-0.4, -0.2) is 82.4 Å². The Kier molecular flexibility index (Phi) is 4.06. The molecule has 1 aromatic heterocycles. The van der Waals surface area contributed by atoms with Crippen LogP contribution in [0.25, 0.3) is 0 Å². The molecule has 4 aliphatic carbocycles. The minimum Gasteiger partial charge on any atom is -0.451 e. The van der Waals surface area contributed by atoms with Crippen LogP contribution in [0, 0.1) is 22.7 Å². The van der Waals surface area contributed by atoms with Crippen LogP contribution in [0.15, 0.2) is 18.3 Å². The molecular formula is C25H36N2O8. The van der Waals surface area contributed by atoms with Crippen LogP contribution in [0.3, 0.4) is 0 Å². The lowest BCUT2D eigenvalue weighted by Crippen LogP contribution is -2.77. The first-order valence-electron chi connectivity index (χ1n) is 12.4. The number of carbonyl (C=O) groups is 1. The van der Waals surface area contributed by atoms with Gasteiger partial charge in [0.05, 0.1) is 5.41 Å². The van der Waals surface area contributed by atoms with Gasteiger partial charge in [0.2, 0.25) is 0 Å². The van der Waals surface area contributed by atoms with Crippen molar-refractivity contribution in [1.82, 2.24) is 4.98 Å². The van der Waals surface area contributed by atoms with Crippen LogP contribution in [0.1, 0.15) is 64.4 Å². The Labute approximate surface area is 203 Å². The normalized spacial score (nSPS) is 59.8. The third-order valence-electron chi connectivity index (χ3n) is 11.4. The van der Waals surface area contributed by atoms with Gasteiger partial charge in [-0.2, -0.15) is 0 Å². The Hall–Kier alpha value is -1.53. The van der Waals surface area contributed by atoms with Gasteiger partial charge in [0.15, 0.2) is 11.9 Å². The fourth-order valence-corrected chi connectivity index (χ4v) is 9.65. The largest absolute Gasteiger partial charge is 0.451 e. The average molecular weight is 493 g/mol. The number of nitrogens with one attached hydrogen (secondary N) is 1. The van der Waals surface area contributed by atoms with Gasteiger partial charge < -0.3 is 45.7 Å². The molecule has 1 aromatic rings. The molecule has 0 aromatic carbocycles. The van der Waals surface area contributed by atoms with Gasteiger partial charge in [-0.05, 0) is 43.7 Å². The number of H-pyrrole nitrogens is 1. The first-order chi connectivity index (χ1) is 16.0. The van der Waals surface area contributed by atoms with Crippen LogP contribution >= 0.6 is 0 Å². The van der Waals surface area contributed by atoms with E-state index in [1.165, 1.54) is 19.2 Å². The number of ether oxygens (including phenoxy) is 2. The van der Waals surface area contributed by atoms with Crippen LogP contribution in [-0.2, 0) is 9.47 Å². The maximum atomic E-state index is 13.2. The lowest BCUT2D eigenvalue weighted by atomic mass is 9.52. The van der Waals surface area contributed by atoms with Crippen molar-refractivity contribution in [3.8, 4) is 0 Å². The second-order valence-electron chi connectivity index (χ2n) is 12.5. The second-order valence-corrected chi connectivity index (χ2v) is 12.5. The highest BCUT2D eigenvalue weighted by Gasteiger charge is 3.10. The minimum absolute atomic E-state index is 0.0931. The number of esters is 1. The zero-order valence-corrected chi connectivity index (χ0v) is 20.7. The molecular weight excluding hydrogens is 456 g/mol. The lowest BCUT2D eigenvalue weighted by Gasteiger charge is -2.61. The van der Waals surface area contributed by atoms with Crippen molar-refractivity contribution in [3.05, 3.63) is 24.0 Å². The third-order valence-corrected chi connectivity index (χ3v) is 11.4. The zero-order valence-electron chi connectivity index (χ0n) is 20.7. The fourth-order valence-electron chi connectivity index (χ4n) is 9.65. The van der Waals surface area contributed by atoms with Crippen molar-refractivity contribution in [2.45, 2.75) is 99.8 Å². The van der Waals surface area contributed by atoms with Gasteiger partial charge >= 0.3 is 5.97 Å². The van der Waals surface area contributed by atoms with Gasteiger partial charge in [-0.1, -0.05) is 27.7 Å². The molecule has 194 valence electrons. The number of rotatable bonds is 3.